The number of hydrogen-bond acceptors (Lipinski definition) is 6. The molecular weight excluding hydrogens is 376 g/mol. The Balaban J connectivity index is 1.76. The Bertz CT molecular complexity index is 940. The van der Waals surface area contributed by atoms with Crippen LogP contribution in [-0.2, 0) is 4.79 Å². The van der Waals surface area contributed by atoms with Gasteiger partial charge in [0.25, 0.3) is 0 Å². The number of fused-ring (bicyclic) bond motifs is 1. The van der Waals surface area contributed by atoms with Crippen molar-refractivity contribution in [2.24, 2.45) is 0 Å². The van der Waals surface area contributed by atoms with Crippen LogP contribution in [0.2, 0.25) is 5.02 Å². The standard InChI is InChI=1S/C17H17ClN4OS2/c1-8-9(2)24-16-13(8)14(19)21-17(22-16)25-10(3)15(23)20-12-6-4-11(18)5-7-12/h4-7,10H,1-3H3,(H,20,23)(H2,19,21,22)/t10-/m0/s1. The molecule has 1 atom stereocenters. The lowest BCUT2D eigenvalue weighted by Gasteiger charge is -2.11. The molecule has 3 aromatic rings. The number of nitrogen functional groups attached to an aromatic ring is 1. The van der Waals surface area contributed by atoms with Gasteiger partial charge in [0.05, 0.1) is 10.6 Å². The molecule has 0 aliphatic heterocycles. The van der Waals surface area contributed by atoms with Gasteiger partial charge in [-0.3, -0.25) is 4.79 Å². The van der Waals surface area contributed by atoms with Gasteiger partial charge in [-0.1, -0.05) is 23.4 Å². The van der Waals surface area contributed by atoms with Crippen molar-refractivity contribution >= 4 is 62.3 Å². The number of carbonyl (C=O) groups excluding carboxylic acids is 1. The molecule has 0 bridgehead atoms. The molecule has 0 aliphatic carbocycles. The summed E-state index contributed by atoms with van der Waals surface area (Å²) in [6.45, 7) is 5.86. The predicted octanol–water partition coefficient (Wildman–Crippen LogP) is 4.66. The van der Waals surface area contributed by atoms with Crippen LogP contribution < -0.4 is 11.1 Å². The van der Waals surface area contributed by atoms with E-state index in [-0.39, 0.29) is 11.2 Å². The van der Waals surface area contributed by atoms with Crippen molar-refractivity contribution in [3.05, 3.63) is 39.7 Å². The molecule has 0 saturated heterocycles. The second-order valence-corrected chi connectivity index (χ2v) is 8.56. The van der Waals surface area contributed by atoms with Crippen LogP contribution in [0.4, 0.5) is 11.5 Å². The number of carbonyl (C=O) groups is 1. The van der Waals surface area contributed by atoms with Crippen LogP contribution in [0.3, 0.4) is 0 Å². The minimum atomic E-state index is -0.366. The fourth-order valence-electron chi connectivity index (χ4n) is 2.30. The molecule has 0 spiro atoms. The Morgan fingerprint density at radius 1 is 1.28 bits per heavy atom. The number of rotatable bonds is 4. The zero-order valence-electron chi connectivity index (χ0n) is 14.0. The predicted molar refractivity (Wildman–Crippen MR) is 107 cm³/mol. The smallest absolute Gasteiger partial charge is 0.237 e. The molecule has 1 amide bonds. The highest BCUT2D eigenvalue weighted by Crippen LogP contribution is 2.34. The van der Waals surface area contributed by atoms with Gasteiger partial charge in [-0.2, -0.15) is 0 Å². The number of nitrogens with zero attached hydrogens (tertiary/aromatic N) is 2. The molecular formula is C17H17ClN4OS2. The number of benzene rings is 1. The Hall–Kier alpha value is -1.83. The molecule has 2 heterocycles. The van der Waals surface area contributed by atoms with E-state index < -0.39 is 0 Å². The van der Waals surface area contributed by atoms with Crippen molar-refractivity contribution < 1.29 is 4.79 Å². The zero-order chi connectivity index (χ0) is 18.1. The molecule has 1 aromatic carbocycles. The molecule has 3 rings (SSSR count). The highest BCUT2D eigenvalue weighted by Gasteiger charge is 2.19. The van der Waals surface area contributed by atoms with Gasteiger partial charge >= 0.3 is 0 Å². The maximum Gasteiger partial charge on any atom is 0.237 e. The van der Waals surface area contributed by atoms with E-state index in [1.807, 2.05) is 20.8 Å². The minimum absolute atomic E-state index is 0.131. The molecule has 3 N–H and O–H groups in total. The third kappa shape index (κ3) is 3.89. The van der Waals surface area contributed by atoms with Crippen molar-refractivity contribution in [1.29, 1.82) is 0 Å². The van der Waals surface area contributed by atoms with E-state index in [9.17, 15) is 4.79 Å². The van der Waals surface area contributed by atoms with Crippen LogP contribution >= 0.6 is 34.7 Å². The van der Waals surface area contributed by atoms with Gasteiger partial charge in [-0.15, -0.1) is 11.3 Å². The van der Waals surface area contributed by atoms with Crippen LogP contribution in [0, 0.1) is 13.8 Å². The summed E-state index contributed by atoms with van der Waals surface area (Å²) in [5, 5.41) is 4.52. The third-order valence-corrected chi connectivity index (χ3v) is 6.11. The topological polar surface area (TPSA) is 80.9 Å². The molecule has 0 aliphatic rings. The summed E-state index contributed by atoms with van der Waals surface area (Å²) in [7, 11) is 0. The number of thioether (sulfide) groups is 1. The lowest BCUT2D eigenvalue weighted by atomic mass is 10.2. The van der Waals surface area contributed by atoms with Gasteiger partial charge in [-0.25, -0.2) is 9.97 Å². The summed E-state index contributed by atoms with van der Waals surface area (Å²) >= 11 is 8.72. The molecule has 25 heavy (non-hydrogen) atoms. The quantitative estimate of drug-likeness (QED) is 0.498. The first kappa shape index (κ1) is 18.0. The Morgan fingerprint density at radius 2 is 1.96 bits per heavy atom. The van der Waals surface area contributed by atoms with Gasteiger partial charge in [0, 0.05) is 15.6 Å². The summed E-state index contributed by atoms with van der Waals surface area (Å²) < 4.78 is 0. The lowest BCUT2D eigenvalue weighted by Crippen LogP contribution is -2.22. The molecule has 8 heteroatoms. The maximum absolute atomic E-state index is 12.4. The fraction of sp³-hybridized carbons (Fsp3) is 0.235. The zero-order valence-corrected chi connectivity index (χ0v) is 16.4. The third-order valence-electron chi connectivity index (χ3n) is 3.80. The van der Waals surface area contributed by atoms with Crippen molar-refractivity contribution in [2.45, 2.75) is 31.2 Å². The van der Waals surface area contributed by atoms with Crippen LogP contribution in [0.1, 0.15) is 17.4 Å². The van der Waals surface area contributed by atoms with Crippen molar-refractivity contribution in [3.63, 3.8) is 0 Å². The summed E-state index contributed by atoms with van der Waals surface area (Å²) in [5.41, 5.74) is 7.90. The van der Waals surface area contributed by atoms with E-state index in [0.29, 0.717) is 21.7 Å². The molecule has 0 unspecified atom stereocenters. The first-order valence-corrected chi connectivity index (χ1v) is 9.69. The number of nitrogens with two attached hydrogens (primary N) is 1. The number of aromatic nitrogens is 2. The molecule has 0 saturated carbocycles. The monoisotopic (exact) mass is 392 g/mol. The number of amides is 1. The summed E-state index contributed by atoms with van der Waals surface area (Å²) in [6, 6.07) is 6.98. The first-order valence-electron chi connectivity index (χ1n) is 7.61. The maximum atomic E-state index is 12.4. The van der Waals surface area contributed by atoms with E-state index in [1.165, 1.54) is 16.6 Å². The van der Waals surface area contributed by atoms with Gasteiger partial charge in [0.1, 0.15) is 10.6 Å². The lowest BCUT2D eigenvalue weighted by molar-refractivity contribution is -0.115. The Kier molecular flexibility index (Phi) is 5.17. The van der Waals surface area contributed by atoms with E-state index in [0.717, 1.165) is 15.8 Å². The number of nitrogens with one attached hydrogen (secondary N) is 1. The van der Waals surface area contributed by atoms with Gasteiger partial charge in [0.2, 0.25) is 5.91 Å². The van der Waals surface area contributed by atoms with Crippen molar-refractivity contribution in [3.8, 4) is 0 Å². The molecule has 0 fully saturated rings. The first-order chi connectivity index (χ1) is 11.8. The number of aryl methyl sites for hydroxylation is 2. The van der Waals surface area contributed by atoms with Gasteiger partial charge < -0.3 is 11.1 Å². The second kappa shape index (κ2) is 7.19. The highest BCUT2D eigenvalue weighted by atomic mass is 35.5. The Labute approximate surface area is 159 Å². The SMILES string of the molecule is Cc1sc2nc(S[C@@H](C)C(=O)Nc3ccc(Cl)cc3)nc(N)c2c1C. The number of halogens is 1. The van der Waals surface area contributed by atoms with E-state index in [2.05, 4.69) is 15.3 Å². The molecule has 130 valence electrons. The van der Waals surface area contributed by atoms with E-state index in [4.69, 9.17) is 17.3 Å². The second-order valence-electron chi connectivity index (χ2n) is 5.61. The highest BCUT2D eigenvalue weighted by molar-refractivity contribution is 8.00. The molecule has 0 radical (unpaired) electrons. The van der Waals surface area contributed by atoms with E-state index in [1.54, 1.807) is 35.6 Å². The average molecular weight is 393 g/mol. The molecule has 5 nitrogen and oxygen atoms in total. The normalized spacial score (nSPS) is 12.3. The number of anilines is 2. The van der Waals surface area contributed by atoms with Gasteiger partial charge in [-0.05, 0) is 50.6 Å². The summed E-state index contributed by atoms with van der Waals surface area (Å²) in [4.78, 5) is 23.3. The number of hydrogen-bond donors (Lipinski definition) is 2. The van der Waals surface area contributed by atoms with Gasteiger partial charge in [0.15, 0.2) is 5.16 Å². The average Bonchev–Trinajstić information content (AvgIpc) is 2.84. The number of thiophene rings is 1. The Morgan fingerprint density at radius 3 is 2.64 bits per heavy atom. The fourth-order valence-corrected chi connectivity index (χ4v) is 4.30. The van der Waals surface area contributed by atoms with E-state index >= 15 is 0 Å². The van der Waals surface area contributed by atoms with Crippen LogP contribution in [0.5, 0.6) is 0 Å². The van der Waals surface area contributed by atoms with Crippen LogP contribution in [-0.4, -0.2) is 21.1 Å². The van der Waals surface area contributed by atoms with Crippen molar-refractivity contribution in [2.75, 3.05) is 11.1 Å². The molecule has 2 aromatic heterocycles. The minimum Gasteiger partial charge on any atom is -0.383 e. The van der Waals surface area contributed by atoms with Crippen molar-refractivity contribution in [1.82, 2.24) is 9.97 Å². The summed E-state index contributed by atoms with van der Waals surface area (Å²) in [5.74, 6) is 0.327. The van der Waals surface area contributed by atoms with Crippen LogP contribution in [0.25, 0.3) is 10.2 Å². The largest absolute Gasteiger partial charge is 0.383 e. The summed E-state index contributed by atoms with van der Waals surface area (Å²) in [6.07, 6.45) is 0. The van der Waals surface area contributed by atoms with Crippen LogP contribution in [0.15, 0.2) is 29.4 Å².